The van der Waals surface area contributed by atoms with Crippen molar-refractivity contribution in [2.45, 2.75) is 26.3 Å². The number of nitrogens with zero attached hydrogens (tertiary/aromatic N) is 1. The van der Waals surface area contributed by atoms with Gasteiger partial charge in [0.05, 0.1) is 11.9 Å². The summed E-state index contributed by atoms with van der Waals surface area (Å²) in [6.07, 6.45) is 2.60. The molecule has 0 saturated carbocycles. The Kier molecular flexibility index (Phi) is 5.10. The molecule has 6 nitrogen and oxygen atoms in total. The quantitative estimate of drug-likeness (QED) is 0.685. The minimum absolute atomic E-state index is 0.255. The van der Waals surface area contributed by atoms with Crippen molar-refractivity contribution >= 4 is 17.5 Å². The first kappa shape index (κ1) is 14.0. The van der Waals surface area contributed by atoms with E-state index in [-0.39, 0.29) is 5.69 Å². The molecule has 18 heavy (non-hydrogen) atoms. The number of carbonyl (C=O) groups is 2. The Bertz CT molecular complexity index is 417. The number of pyridine rings is 1. The number of rotatable bonds is 6. The van der Waals surface area contributed by atoms with Crippen LogP contribution in [0.15, 0.2) is 18.3 Å². The van der Waals surface area contributed by atoms with Crippen LogP contribution >= 0.6 is 0 Å². The van der Waals surface area contributed by atoms with Gasteiger partial charge in [-0.05, 0) is 25.5 Å². The average molecular weight is 250 g/mol. The fourth-order valence-corrected chi connectivity index (χ4v) is 1.24. The minimum atomic E-state index is -0.711. The number of nitrogens with two attached hydrogens (primary N) is 1. The van der Waals surface area contributed by atoms with E-state index < -0.39 is 17.9 Å². The van der Waals surface area contributed by atoms with Gasteiger partial charge in [0, 0.05) is 6.54 Å². The monoisotopic (exact) mass is 250 g/mol. The van der Waals surface area contributed by atoms with Gasteiger partial charge in [0.2, 0.25) is 5.91 Å². The van der Waals surface area contributed by atoms with Crippen LogP contribution in [0.2, 0.25) is 0 Å². The number of amides is 2. The Morgan fingerprint density at radius 1 is 1.44 bits per heavy atom. The summed E-state index contributed by atoms with van der Waals surface area (Å²) in [6, 6.07) is 2.66. The van der Waals surface area contributed by atoms with Crippen LogP contribution in [-0.4, -0.2) is 29.4 Å². The van der Waals surface area contributed by atoms with E-state index in [1.54, 1.807) is 18.3 Å². The van der Waals surface area contributed by atoms with Crippen molar-refractivity contribution in [1.82, 2.24) is 10.3 Å². The summed E-state index contributed by atoms with van der Waals surface area (Å²) in [6.45, 7) is 4.44. The molecule has 0 aliphatic rings. The molecule has 0 bridgehead atoms. The summed E-state index contributed by atoms with van der Waals surface area (Å²) in [5, 5.41) is 5.61. The summed E-state index contributed by atoms with van der Waals surface area (Å²) in [5.74, 6) is -0.993. The molecule has 4 N–H and O–H groups in total. The molecule has 1 unspecified atom stereocenters. The Hall–Kier alpha value is -2.11. The largest absolute Gasteiger partial charge is 0.384 e. The van der Waals surface area contributed by atoms with Crippen LogP contribution in [0.5, 0.6) is 0 Å². The zero-order chi connectivity index (χ0) is 13.5. The van der Waals surface area contributed by atoms with Crippen molar-refractivity contribution in [3.63, 3.8) is 0 Å². The Morgan fingerprint density at radius 3 is 2.67 bits per heavy atom. The molecule has 1 aromatic rings. The van der Waals surface area contributed by atoms with E-state index in [0.29, 0.717) is 0 Å². The SMILES string of the molecule is CCCNc1ccc(C(=O)NC(C)C(N)=O)nc1. The lowest BCUT2D eigenvalue weighted by molar-refractivity contribution is -0.119. The number of primary amides is 1. The lowest BCUT2D eigenvalue weighted by atomic mass is 10.2. The molecular formula is C12H18N4O2. The normalized spacial score (nSPS) is 11.7. The van der Waals surface area contributed by atoms with Gasteiger partial charge in [-0.3, -0.25) is 9.59 Å². The third-order valence-corrected chi connectivity index (χ3v) is 2.35. The van der Waals surface area contributed by atoms with E-state index in [2.05, 4.69) is 22.5 Å². The molecule has 0 aromatic carbocycles. The lowest BCUT2D eigenvalue weighted by Gasteiger charge is -2.10. The van der Waals surface area contributed by atoms with E-state index >= 15 is 0 Å². The lowest BCUT2D eigenvalue weighted by Crippen LogP contribution is -2.42. The maximum absolute atomic E-state index is 11.7. The maximum Gasteiger partial charge on any atom is 0.270 e. The molecule has 0 radical (unpaired) electrons. The third kappa shape index (κ3) is 4.04. The number of anilines is 1. The van der Waals surface area contributed by atoms with Gasteiger partial charge in [0.25, 0.3) is 5.91 Å². The van der Waals surface area contributed by atoms with Crippen LogP contribution in [-0.2, 0) is 4.79 Å². The zero-order valence-corrected chi connectivity index (χ0v) is 10.6. The molecule has 6 heteroatoms. The van der Waals surface area contributed by atoms with Gasteiger partial charge in [-0.2, -0.15) is 0 Å². The van der Waals surface area contributed by atoms with Crippen molar-refractivity contribution in [2.24, 2.45) is 5.73 Å². The molecule has 1 rings (SSSR count). The molecule has 0 fully saturated rings. The van der Waals surface area contributed by atoms with Crippen LogP contribution in [0, 0.1) is 0 Å². The number of hydrogen-bond acceptors (Lipinski definition) is 4. The Labute approximate surface area is 106 Å². The van der Waals surface area contributed by atoms with E-state index in [9.17, 15) is 9.59 Å². The Morgan fingerprint density at radius 2 is 2.17 bits per heavy atom. The molecule has 1 atom stereocenters. The van der Waals surface area contributed by atoms with Gasteiger partial charge in [-0.1, -0.05) is 6.92 Å². The minimum Gasteiger partial charge on any atom is -0.384 e. The second-order valence-corrected chi connectivity index (χ2v) is 3.96. The van der Waals surface area contributed by atoms with Crippen molar-refractivity contribution in [3.8, 4) is 0 Å². The third-order valence-electron chi connectivity index (χ3n) is 2.35. The molecular weight excluding hydrogens is 232 g/mol. The summed E-state index contributed by atoms with van der Waals surface area (Å²) in [7, 11) is 0. The summed E-state index contributed by atoms with van der Waals surface area (Å²) in [5.41, 5.74) is 6.17. The fraction of sp³-hybridized carbons (Fsp3) is 0.417. The molecule has 0 spiro atoms. The van der Waals surface area contributed by atoms with Crippen LogP contribution in [0.1, 0.15) is 30.8 Å². The molecule has 1 aromatic heterocycles. The molecule has 98 valence electrons. The number of nitrogens with one attached hydrogen (secondary N) is 2. The van der Waals surface area contributed by atoms with E-state index in [1.165, 1.54) is 6.92 Å². The fourth-order valence-electron chi connectivity index (χ4n) is 1.24. The van der Waals surface area contributed by atoms with Gasteiger partial charge in [-0.25, -0.2) is 4.98 Å². The predicted molar refractivity (Wildman–Crippen MR) is 69.1 cm³/mol. The highest BCUT2D eigenvalue weighted by molar-refractivity contribution is 5.95. The molecule has 2 amide bonds. The first-order valence-electron chi connectivity index (χ1n) is 5.84. The number of hydrogen-bond donors (Lipinski definition) is 3. The van der Waals surface area contributed by atoms with Gasteiger partial charge in [-0.15, -0.1) is 0 Å². The molecule has 0 aliphatic carbocycles. The molecule has 1 heterocycles. The van der Waals surface area contributed by atoms with Gasteiger partial charge < -0.3 is 16.4 Å². The predicted octanol–water partition coefficient (Wildman–Crippen LogP) is 0.507. The van der Waals surface area contributed by atoms with Crippen LogP contribution in [0.3, 0.4) is 0 Å². The van der Waals surface area contributed by atoms with E-state index in [4.69, 9.17) is 5.73 Å². The van der Waals surface area contributed by atoms with E-state index in [1.807, 2.05) is 0 Å². The topological polar surface area (TPSA) is 97.1 Å². The van der Waals surface area contributed by atoms with Crippen molar-refractivity contribution < 1.29 is 9.59 Å². The number of aromatic nitrogens is 1. The highest BCUT2D eigenvalue weighted by Gasteiger charge is 2.14. The van der Waals surface area contributed by atoms with Crippen LogP contribution in [0.25, 0.3) is 0 Å². The summed E-state index contributed by atoms with van der Waals surface area (Å²) in [4.78, 5) is 26.5. The van der Waals surface area contributed by atoms with E-state index in [0.717, 1.165) is 18.7 Å². The summed E-state index contributed by atoms with van der Waals surface area (Å²) < 4.78 is 0. The Balaban J connectivity index is 2.61. The van der Waals surface area contributed by atoms with Gasteiger partial charge in [0.15, 0.2) is 0 Å². The summed E-state index contributed by atoms with van der Waals surface area (Å²) >= 11 is 0. The smallest absolute Gasteiger partial charge is 0.270 e. The maximum atomic E-state index is 11.7. The van der Waals surface area contributed by atoms with Crippen LogP contribution in [0.4, 0.5) is 5.69 Å². The highest BCUT2D eigenvalue weighted by Crippen LogP contribution is 2.06. The van der Waals surface area contributed by atoms with Crippen molar-refractivity contribution in [3.05, 3.63) is 24.0 Å². The molecule has 0 saturated heterocycles. The average Bonchev–Trinajstić information content (AvgIpc) is 2.36. The van der Waals surface area contributed by atoms with Crippen molar-refractivity contribution in [1.29, 1.82) is 0 Å². The van der Waals surface area contributed by atoms with Gasteiger partial charge in [0.1, 0.15) is 11.7 Å². The molecule has 0 aliphatic heterocycles. The first-order valence-corrected chi connectivity index (χ1v) is 5.84. The first-order chi connectivity index (χ1) is 8.54. The zero-order valence-electron chi connectivity index (χ0n) is 10.6. The second-order valence-electron chi connectivity index (χ2n) is 3.96. The highest BCUT2D eigenvalue weighted by atomic mass is 16.2. The van der Waals surface area contributed by atoms with Gasteiger partial charge >= 0.3 is 0 Å². The van der Waals surface area contributed by atoms with Crippen LogP contribution < -0.4 is 16.4 Å². The number of carbonyl (C=O) groups excluding carboxylic acids is 2. The standard InChI is InChI=1S/C12H18N4O2/c1-3-6-14-9-4-5-10(15-7-9)12(18)16-8(2)11(13)17/h4-5,7-8,14H,3,6H2,1-2H3,(H2,13,17)(H,16,18). The van der Waals surface area contributed by atoms with Crippen molar-refractivity contribution in [2.75, 3.05) is 11.9 Å². The second kappa shape index (κ2) is 6.58.